The molecule has 1 aromatic carbocycles. The molecule has 2 aliphatic rings. The number of nitrogens with one attached hydrogen (secondary N) is 1. The minimum Gasteiger partial charge on any atom is -0.373 e. The number of rotatable bonds is 6. The van der Waals surface area contributed by atoms with Gasteiger partial charge >= 0.3 is 0 Å². The molecule has 4 aromatic rings. The molecule has 0 radical (unpaired) electrons. The van der Waals surface area contributed by atoms with Crippen LogP contribution in [-0.4, -0.2) is 63.9 Å². The third-order valence-electron chi connectivity index (χ3n) is 7.41. The van der Waals surface area contributed by atoms with Crippen LogP contribution in [0.15, 0.2) is 61.6 Å². The van der Waals surface area contributed by atoms with E-state index >= 15 is 0 Å². The third-order valence-corrected chi connectivity index (χ3v) is 7.41. The average Bonchev–Trinajstić information content (AvgIpc) is 3.31. The highest BCUT2D eigenvalue weighted by Gasteiger charge is 2.23. The van der Waals surface area contributed by atoms with E-state index < -0.39 is 0 Å². The molecule has 8 heteroatoms. The van der Waals surface area contributed by atoms with E-state index in [1.165, 1.54) is 54.6 Å². The van der Waals surface area contributed by atoms with Crippen LogP contribution in [0.4, 0.5) is 11.6 Å². The number of aryl methyl sites for hydroxylation is 1. The summed E-state index contributed by atoms with van der Waals surface area (Å²) >= 11 is 0. The Labute approximate surface area is 225 Å². The SMILES string of the molecule is C=Cc1ccnc(N2CC(N)C2)c1.CNc1cc2cc(-c3cnn(C)c3CN3CCCCC3)ccc2cn1. The summed E-state index contributed by atoms with van der Waals surface area (Å²) in [5.74, 6) is 1.89. The second-order valence-corrected chi connectivity index (χ2v) is 10.2. The highest BCUT2D eigenvalue weighted by atomic mass is 15.3. The van der Waals surface area contributed by atoms with E-state index in [-0.39, 0.29) is 0 Å². The minimum absolute atomic E-state index is 0.314. The van der Waals surface area contributed by atoms with Crippen molar-refractivity contribution < 1.29 is 0 Å². The number of hydrogen-bond donors (Lipinski definition) is 2. The van der Waals surface area contributed by atoms with Crippen molar-refractivity contribution in [1.29, 1.82) is 0 Å². The highest BCUT2D eigenvalue weighted by Crippen LogP contribution is 2.29. The van der Waals surface area contributed by atoms with Crippen molar-refractivity contribution in [2.75, 3.05) is 43.4 Å². The first-order valence-electron chi connectivity index (χ1n) is 13.4. The van der Waals surface area contributed by atoms with Crippen molar-refractivity contribution in [1.82, 2.24) is 24.6 Å². The molecule has 6 rings (SSSR count). The molecule has 2 fully saturated rings. The Morgan fingerprint density at radius 2 is 1.84 bits per heavy atom. The average molecular weight is 511 g/mol. The van der Waals surface area contributed by atoms with Gasteiger partial charge in [0.15, 0.2) is 0 Å². The smallest absolute Gasteiger partial charge is 0.129 e. The van der Waals surface area contributed by atoms with Gasteiger partial charge in [0.1, 0.15) is 11.6 Å². The Morgan fingerprint density at radius 3 is 2.58 bits per heavy atom. The molecule has 8 nitrogen and oxygen atoms in total. The first-order valence-corrected chi connectivity index (χ1v) is 13.4. The Hall–Kier alpha value is -3.75. The Kier molecular flexibility index (Phi) is 8.00. The van der Waals surface area contributed by atoms with Crippen molar-refractivity contribution in [3.05, 3.63) is 72.8 Å². The molecule has 0 amide bonds. The fraction of sp³-hybridized carbons (Fsp3) is 0.367. The molecular formula is C30H38N8. The summed E-state index contributed by atoms with van der Waals surface area (Å²) < 4.78 is 2.03. The lowest BCUT2D eigenvalue weighted by molar-refractivity contribution is 0.216. The fourth-order valence-corrected chi connectivity index (χ4v) is 5.10. The van der Waals surface area contributed by atoms with Gasteiger partial charge in [-0.25, -0.2) is 9.97 Å². The number of hydrogen-bond acceptors (Lipinski definition) is 7. The van der Waals surface area contributed by atoms with Gasteiger partial charge in [-0.1, -0.05) is 31.2 Å². The number of nitrogens with zero attached hydrogens (tertiary/aromatic N) is 6. The van der Waals surface area contributed by atoms with Crippen LogP contribution >= 0.6 is 0 Å². The highest BCUT2D eigenvalue weighted by molar-refractivity contribution is 5.88. The molecule has 0 bridgehead atoms. The van der Waals surface area contributed by atoms with E-state index in [1.54, 1.807) is 6.20 Å². The van der Waals surface area contributed by atoms with Crippen molar-refractivity contribution >= 4 is 28.5 Å². The summed E-state index contributed by atoms with van der Waals surface area (Å²) in [5, 5.41) is 10.0. The maximum absolute atomic E-state index is 5.69. The number of benzene rings is 1. The van der Waals surface area contributed by atoms with Crippen molar-refractivity contribution in [3.63, 3.8) is 0 Å². The Bertz CT molecular complexity index is 1380. The molecule has 38 heavy (non-hydrogen) atoms. The zero-order valence-electron chi connectivity index (χ0n) is 22.5. The number of aromatic nitrogens is 4. The number of fused-ring (bicyclic) bond motifs is 1. The third kappa shape index (κ3) is 5.87. The first-order chi connectivity index (χ1) is 18.5. The maximum atomic E-state index is 5.69. The van der Waals surface area contributed by atoms with Gasteiger partial charge in [0.2, 0.25) is 0 Å². The number of nitrogens with two attached hydrogens (primary N) is 1. The summed E-state index contributed by atoms with van der Waals surface area (Å²) in [5.41, 5.74) is 10.5. The van der Waals surface area contributed by atoms with Crippen LogP contribution in [0.3, 0.4) is 0 Å². The van der Waals surface area contributed by atoms with E-state index in [4.69, 9.17) is 5.73 Å². The van der Waals surface area contributed by atoms with Gasteiger partial charge in [0.25, 0.3) is 0 Å². The van der Waals surface area contributed by atoms with Gasteiger partial charge in [-0.3, -0.25) is 9.58 Å². The number of pyridine rings is 2. The number of likely N-dealkylation sites (tertiary alicyclic amines) is 1. The first kappa shape index (κ1) is 25.9. The molecule has 0 aliphatic carbocycles. The van der Waals surface area contributed by atoms with Crippen molar-refractivity contribution in [3.8, 4) is 11.1 Å². The van der Waals surface area contributed by atoms with Crippen LogP contribution in [-0.2, 0) is 13.6 Å². The number of anilines is 2. The van der Waals surface area contributed by atoms with E-state index in [2.05, 4.69) is 61.0 Å². The van der Waals surface area contributed by atoms with Crippen LogP contribution in [0, 0.1) is 0 Å². The monoisotopic (exact) mass is 510 g/mol. The predicted molar refractivity (Wildman–Crippen MR) is 157 cm³/mol. The zero-order chi connectivity index (χ0) is 26.5. The molecule has 3 N–H and O–H groups in total. The summed E-state index contributed by atoms with van der Waals surface area (Å²) in [6.45, 7) is 8.90. The topological polar surface area (TPSA) is 88.1 Å². The molecule has 3 aromatic heterocycles. The quantitative estimate of drug-likeness (QED) is 0.394. The molecule has 0 spiro atoms. The van der Waals surface area contributed by atoms with Gasteiger partial charge in [-0.05, 0) is 66.7 Å². The molecular weight excluding hydrogens is 472 g/mol. The second-order valence-electron chi connectivity index (χ2n) is 10.2. The van der Waals surface area contributed by atoms with Crippen LogP contribution in [0.2, 0.25) is 0 Å². The normalized spacial score (nSPS) is 16.0. The summed E-state index contributed by atoms with van der Waals surface area (Å²) in [6.07, 6.45) is 11.5. The van der Waals surface area contributed by atoms with Crippen molar-refractivity contribution in [2.24, 2.45) is 12.8 Å². The van der Waals surface area contributed by atoms with Gasteiger partial charge in [-0.2, -0.15) is 5.10 Å². The summed E-state index contributed by atoms with van der Waals surface area (Å²) in [4.78, 5) is 13.4. The minimum atomic E-state index is 0.314. The standard InChI is InChI=1S/C20H25N5.C10H13N3/c1-21-20-11-17-10-15(6-7-16(17)12-22-20)18-13-23-24(2)19(18)14-25-8-4-3-5-9-25;1-2-8-3-4-12-10(5-8)13-6-9(11)7-13/h6-7,10-13H,3-5,8-9,14H2,1-2H3,(H,21,22);2-5,9H,1,6-7,11H2. The molecule has 198 valence electrons. The van der Waals surface area contributed by atoms with Crippen LogP contribution in [0.5, 0.6) is 0 Å². The molecule has 2 saturated heterocycles. The fourth-order valence-electron chi connectivity index (χ4n) is 5.10. The van der Waals surface area contributed by atoms with Crippen LogP contribution < -0.4 is 16.0 Å². The second kappa shape index (κ2) is 11.8. The molecule has 0 saturated carbocycles. The molecule has 5 heterocycles. The summed E-state index contributed by atoms with van der Waals surface area (Å²) in [6, 6.07) is 13.0. The predicted octanol–water partition coefficient (Wildman–Crippen LogP) is 4.53. The summed E-state index contributed by atoms with van der Waals surface area (Å²) in [7, 11) is 3.95. The number of piperidine rings is 1. The molecule has 0 atom stereocenters. The van der Waals surface area contributed by atoms with Crippen LogP contribution in [0.1, 0.15) is 30.5 Å². The van der Waals surface area contributed by atoms with E-state index in [9.17, 15) is 0 Å². The largest absolute Gasteiger partial charge is 0.373 e. The lowest BCUT2D eigenvalue weighted by Crippen LogP contribution is -2.56. The zero-order valence-corrected chi connectivity index (χ0v) is 22.5. The Balaban J connectivity index is 0.000000190. The maximum Gasteiger partial charge on any atom is 0.129 e. The van der Waals surface area contributed by atoms with Crippen LogP contribution in [0.25, 0.3) is 28.0 Å². The molecule has 0 unspecified atom stereocenters. The Morgan fingerprint density at radius 1 is 1.03 bits per heavy atom. The van der Waals surface area contributed by atoms with Gasteiger partial charge in [0.05, 0.1) is 11.9 Å². The van der Waals surface area contributed by atoms with E-state index in [0.717, 1.165) is 42.2 Å². The van der Waals surface area contributed by atoms with Crippen molar-refractivity contribution in [2.45, 2.75) is 31.8 Å². The van der Waals surface area contributed by atoms with E-state index in [1.807, 2.05) is 49.4 Å². The molecule has 2 aliphatic heterocycles. The lowest BCUT2D eigenvalue weighted by atomic mass is 10.0. The van der Waals surface area contributed by atoms with Gasteiger partial charge in [0, 0.05) is 63.1 Å². The van der Waals surface area contributed by atoms with Gasteiger partial charge in [-0.15, -0.1) is 0 Å². The van der Waals surface area contributed by atoms with E-state index in [0.29, 0.717) is 6.04 Å². The van der Waals surface area contributed by atoms with Gasteiger partial charge < -0.3 is 16.0 Å². The lowest BCUT2D eigenvalue weighted by Gasteiger charge is -2.37.